The molecule has 0 saturated carbocycles. The number of aromatic nitrogens is 2. The smallest absolute Gasteiger partial charge is 0.330 e. The number of anilines is 3. The van der Waals surface area contributed by atoms with Crippen LogP contribution in [0, 0.1) is 0 Å². The standard InChI is InChI=1S/C20H27N5O4S/c1-4-6-11-25-18(21)17(19(28)23-20(25)29)24(5-2)16(27)12-30-15-9-7-14(8-10-15)22-13(3)26/h7-10H,4-6,11-12,21H2,1-3H3,(H,22,26)(H,23,28,29). The molecule has 0 atom stereocenters. The summed E-state index contributed by atoms with van der Waals surface area (Å²) >= 11 is 1.30. The van der Waals surface area contributed by atoms with Gasteiger partial charge in [-0.2, -0.15) is 0 Å². The number of nitrogen functional groups attached to an aromatic ring is 1. The molecule has 30 heavy (non-hydrogen) atoms. The summed E-state index contributed by atoms with van der Waals surface area (Å²) in [4.78, 5) is 52.8. The van der Waals surface area contributed by atoms with Crippen molar-refractivity contribution in [3.8, 4) is 0 Å². The van der Waals surface area contributed by atoms with Crippen LogP contribution < -0.4 is 27.2 Å². The van der Waals surface area contributed by atoms with Crippen LogP contribution in [0.25, 0.3) is 0 Å². The predicted molar refractivity (Wildman–Crippen MR) is 120 cm³/mol. The summed E-state index contributed by atoms with van der Waals surface area (Å²) in [6, 6.07) is 7.09. The molecule has 0 spiro atoms. The van der Waals surface area contributed by atoms with Gasteiger partial charge in [-0.05, 0) is 37.6 Å². The molecule has 0 aliphatic heterocycles. The molecule has 1 heterocycles. The molecule has 10 heteroatoms. The Bertz CT molecular complexity index is 1010. The van der Waals surface area contributed by atoms with Crippen LogP contribution in [0.3, 0.4) is 0 Å². The molecule has 0 saturated heterocycles. The maximum Gasteiger partial charge on any atom is 0.330 e. The van der Waals surface area contributed by atoms with Crippen molar-refractivity contribution in [3.63, 3.8) is 0 Å². The van der Waals surface area contributed by atoms with Crippen LogP contribution in [0.15, 0.2) is 38.8 Å². The molecule has 2 aromatic rings. The molecule has 0 fully saturated rings. The van der Waals surface area contributed by atoms with E-state index in [1.165, 1.54) is 28.2 Å². The first-order valence-corrected chi connectivity index (χ1v) is 10.7. The highest BCUT2D eigenvalue weighted by Gasteiger charge is 2.23. The van der Waals surface area contributed by atoms with E-state index in [2.05, 4.69) is 10.3 Å². The van der Waals surface area contributed by atoms with Crippen LogP contribution in [-0.2, 0) is 16.1 Å². The van der Waals surface area contributed by atoms with Crippen molar-refractivity contribution >= 4 is 40.8 Å². The molecule has 9 nitrogen and oxygen atoms in total. The van der Waals surface area contributed by atoms with Crippen LogP contribution in [0.1, 0.15) is 33.6 Å². The zero-order chi connectivity index (χ0) is 22.3. The number of hydrogen-bond donors (Lipinski definition) is 3. The second-order valence-corrected chi connectivity index (χ2v) is 7.68. The summed E-state index contributed by atoms with van der Waals surface area (Å²) in [6.45, 7) is 5.76. The third kappa shape index (κ3) is 5.76. The van der Waals surface area contributed by atoms with Gasteiger partial charge in [-0.25, -0.2) is 4.79 Å². The van der Waals surface area contributed by atoms with Crippen molar-refractivity contribution in [1.29, 1.82) is 0 Å². The zero-order valence-electron chi connectivity index (χ0n) is 17.4. The van der Waals surface area contributed by atoms with Gasteiger partial charge >= 0.3 is 5.69 Å². The van der Waals surface area contributed by atoms with E-state index in [-0.39, 0.29) is 35.6 Å². The van der Waals surface area contributed by atoms with Crippen molar-refractivity contribution in [1.82, 2.24) is 9.55 Å². The van der Waals surface area contributed by atoms with Crippen molar-refractivity contribution in [2.75, 3.05) is 28.2 Å². The molecular weight excluding hydrogens is 406 g/mol. The van der Waals surface area contributed by atoms with Crippen LogP contribution in [-0.4, -0.2) is 33.7 Å². The molecule has 0 bridgehead atoms. The largest absolute Gasteiger partial charge is 0.383 e. The highest BCUT2D eigenvalue weighted by Crippen LogP contribution is 2.23. The maximum atomic E-state index is 12.8. The number of rotatable bonds is 9. The average Bonchev–Trinajstić information content (AvgIpc) is 2.69. The van der Waals surface area contributed by atoms with E-state index in [1.807, 2.05) is 6.92 Å². The van der Waals surface area contributed by atoms with Gasteiger partial charge in [0.05, 0.1) is 5.75 Å². The SMILES string of the molecule is CCCCn1c(N)c(N(CC)C(=O)CSc2ccc(NC(C)=O)cc2)c(=O)[nH]c1=O. The summed E-state index contributed by atoms with van der Waals surface area (Å²) in [5.74, 6) is -0.379. The fourth-order valence-corrected chi connectivity index (χ4v) is 3.67. The molecule has 0 aliphatic carbocycles. The lowest BCUT2D eigenvalue weighted by Crippen LogP contribution is -2.41. The molecule has 0 aliphatic rings. The van der Waals surface area contributed by atoms with Gasteiger partial charge in [-0.1, -0.05) is 13.3 Å². The summed E-state index contributed by atoms with van der Waals surface area (Å²) < 4.78 is 1.30. The number of nitrogens with zero attached hydrogens (tertiary/aromatic N) is 2. The van der Waals surface area contributed by atoms with E-state index in [9.17, 15) is 19.2 Å². The van der Waals surface area contributed by atoms with Gasteiger partial charge in [0.2, 0.25) is 11.8 Å². The Morgan fingerprint density at radius 2 is 1.87 bits per heavy atom. The number of benzene rings is 1. The summed E-state index contributed by atoms with van der Waals surface area (Å²) in [5.41, 5.74) is 5.53. The van der Waals surface area contributed by atoms with Gasteiger partial charge in [0.15, 0.2) is 5.69 Å². The molecule has 1 aromatic carbocycles. The topological polar surface area (TPSA) is 130 Å². The third-order valence-electron chi connectivity index (χ3n) is 4.37. The van der Waals surface area contributed by atoms with Gasteiger partial charge in [-0.15, -0.1) is 11.8 Å². The van der Waals surface area contributed by atoms with E-state index < -0.39 is 11.2 Å². The van der Waals surface area contributed by atoms with Crippen molar-refractivity contribution < 1.29 is 9.59 Å². The Labute approximate surface area is 178 Å². The molecule has 162 valence electrons. The zero-order valence-corrected chi connectivity index (χ0v) is 18.2. The number of unbranched alkanes of at least 4 members (excludes halogenated alkanes) is 1. The second kappa shape index (κ2) is 10.7. The monoisotopic (exact) mass is 433 g/mol. The van der Waals surface area contributed by atoms with E-state index in [1.54, 1.807) is 31.2 Å². The first kappa shape index (κ1) is 23.3. The lowest BCUT2D eigenvalue weighted by atomic mass is 10.3. The van der Waals surface area contributed by atoms with Gasteiger partial charge < -0.3 is 16.0 Å². The number of carbonyl (C=O) groups excluding carboxylic acids is 2. The highest BCUT2D eigenvalue weighted by molar-refractivity contribution is 8.00. The number of nitrogens with two attached hydrogens (primary N) is 1. The summed E-state index contributed by atoms with van der Waals surface area (Å²) in [5, 5.41) is 2.68. The number of hydrogen-bond acceptors (Lipinski definition) is 6. The number of nitrogens with one attached hydrogen (secondary N) is 2. The molecular formula is C20H27N5O4S. The summed E-state index contributed by atoms with van der Waals surface area (Å²) in [7, 11) is 0. The minimum Gasteiger partial charge on any atom is -0.383 e. The lowest BCUT2D eigenvalue weighted by molar-refractivity contribution is -0.116. The van der Waals surface area contributed by atoms with Crippen LogP contribution in [0.2, 0.25) is 0 Å². The van der Waals surface area contributed by atoms with Crippen LogP contribution in [0.5, 0.6) is 0 Å². The van der Waals surface area contributed by atoms with Crippen molar-refractivity contribution in [3.05, 3.63) is 45.1 Å². The van der Waals surface area contributed by atoms with Crippen LogP contribution in [0.4, 0.5) is 17.2 Å². The number of amides is 2. The minimum absolute atomic E-state index is 0.000177. The predicted octanol–water partition coefficient (Wildman–Crippen LogP) is 2.02. The quantitative estimate of drug-likeness (QED) is 0.519. The Morgan fingerprint density at radius 3 is 2.43 bits per heavy atom. The molecule has 0 radical (unpaired) electrons. The van der Waals surface area contributed by atoms with E-state index in [4.69, 9.17) is 5.73 Å². The Balaban J connectivity index is 2.19. The van der Waals surface area contributed by atoms with Gasteiger partial charge in [-0.3, -0.25) is 23.9 Å². The fraction of sp³-hybridized carbons (Fsp3) is 0.400. The van der Waals surface area contributed by atoms with E-state index in [0.717, 1.165) is 17.7 Å². The lowest BCUT2D eigenvalue weighted by Gasteiger charge is -2.23. The third-order valence-corrected chi connectivity index (χ3v) is 5.37. The number of H-pyrrole nitrogens is 1. The molecule has 1 aromatic heterocycles. The van der Waals surface area contributed by atoms with Gasteiger partial charge in [0.1, 0.15) is 5.82 Å². The molecule has 0 unspecified atom stereocenters. The molecule has 2 amide bonds. The minimum atomic E-state index is -0.676. The maximum absolute atomic E-state index is 12.8. The first-order valence-electron chi connectivity index (χ1n) is 9.71. The van der Waals surface area contributed by atoms with Crippen molar-refractivity contribution in [2.45, 2.75) is 45.1 Å². The molecule has 2 rings (SSSR count). The number of carbonyl (C=O) groups is 2. The van der Waals surface area contributed by atoms with Crippen molar-refractivity contribution in [2.24, 2.45) is 0 Å². The second-order valence-electron chi connectivity index (χ2n) is 6.63. The average molecular weight is 434 g/mol. The van der Waals surface area contributed by atoms with Crippen LogP contribution >= 0.6 is 11.8 Å². The number of aromatic amines is 1. The Hall–Kier alpha value is -3.01. The normalized spacial score (nSPS) is 10.6. The highest BCUT2D eigenvalue weighted by atomic mass is 32.2. The molecule has 4 N–H and O–H groups in total. The fourth-order valence-electron chi connectivity index (χ4n) is 2.90. The van der Waals surface area contributed by atoms with E-state index in [0.29, 0.717) is 12.2 Å². The summed E-state index contributed by atoms with van der Waals surface area (Å²) in [6.07, 6.45) is 1.58. The Kier molecular flexibility index (Phi) is 8.28. The Morgan fingerprint density at radius 1 is 1.20 bits per heavy atom. The number of thioether (sulfide) groups is 1. The first-order chi connectivity index (χ1) is 14.3. The van der Waals surface area contributed by atoms with Gasteiger partial charge in [0.25, 0.3) is 5.56 Å². The van der Waals surface area contributed by atoms with Gasteiger partial charge in [0, 0.05) is 30.6 Å². The van der Waals surface area contributed by atoms with E-state index >= 15 is 0 Å².